The Labute approximate surface area is 187 Å². The quantitative estimate of drug-likeness (QED) is 0.417. The van der Waals surface area contributed by atoms with Crippen molar-refractivity contribution in [1.82, 2.24) is 24.7 Å². The van der Waals surface area contributed by atoms with Gasteiger partial charge in [-0.15, -0.1) is 11.3 Å². The van der Waals surface area contributed by atoms with Gasteiger partial charge in [-0.2, -0.15) is 5.10 Å². The third-order valence-electron chi connectivity index (χ3n) is 5.79. The van der Waals surface area contributed by atoms with Crippen molar-refractivity contribution in [1.29, 1.82) is 0 Å². The summed E-state index contributed by atoms with van der Waals surface area (Å²) in [5.41, 5.74) is 6.39. The van der Waals surface area contributed by atoms with Gasteiger partial charge in [-0.25, -0.2) is 15.0 Å². The number of anilines is 2. The summed E-state index contributed by atoms with van der Waals surface area (Å²) in [4.78, 5) is 13.4. The van der Waals surface area contributed by atoms with Crippen LogP contribution >= 0.6 is 11.3 Å². The number of nitrogens with zero attached hydrogens (tertiary/aromatic N) is 5. The van der Waals surface area contributed by atoms with Crippen LogP contribution in [-0.2, 0) is 7.05 Å². The predicted octanol–water partition coefficient (Wildman–Crippen LogP) is 4.29. The first-order chi connectivity index (χ1) is 15.6. The second kappa shape index (κ2) is 7.54. The van der Waals surface area contributed by atoms with Crippen LogP contribution in [0.15, 0.2) is 54.6 Å². The van der Waals surface area contributed by atoms with Crippen molar-refractivity contribution >= 4 is 44.0 Å². The molecule has 3 aromatic heterocycles. The Morgan fingerprint density at radius 1 is 1.09 bits per heavy atom. The van der Waals surface area contributed by atoms with Gasteiger partial charge in [0.05, 0.1) is 38.9 Å². The van der Waals surface area contributed by atoms with Crippen LogP contribution in [0.2, 0.25) is 0 Å². The molecule has 1 aliphatic rings. The molecule has 0 saturated heterocycles. The van der Waals surface area contributed by atoms with Crippen molar-refractivity contribution in [3.05, 3.63) is 54.6 Å². The first-order valence-electron chi connectivity index (χ1n) is 10.4. The number of rotatable bonds is 5. The number of aliphatic hydroxyl groups is 1. The molecule has 3 heterocycles. The molecule has 2 N–H and O–H groups in total. The van der Waals surface area contributed by atoms with E-state index in [1.165, 1.54) is 0 Å². The predicted molar refractivity (Wildman–Crippen MR) is 124 cm³/mol. The van der Waals surface area contributed by atoms with E-state index in [4.69, 9.17) is 4.74 Å². The lowest BCUT2D eigenvalue weighted by Gasteiger charge is -2.33. The van der Waals surface area contributed by atoms with Crippen molar-refractivity contribution in [3.63, 3.8) is 0 Å². The van der Waals surface area contributed by atoms with Gasteiger partial charge in [0.15, 0.2) is 0 Å². The van der Waals surface area contributed by atoms with E-state index in [0.29, 0.717) is 11.6 Å². The van der Waals surface area contributed by atoms with Crippen LogP contribution < -0.4 is 10.1 Å². The van der Waals surface area contributed by atoms with Crippen LogP contribution in [0.4, 0.5) is 11.5 Å². The van der Waals surface area contributed by atoms with Crippen molar-refractivity contribution in [2.75, 3.05) is 5.32 Å². The van der Waals surface area contributed by atoms with E-state index in [-0.39, 0.29) is 6.10 Å². The van der Waals surface area contributed by atoms with E-state index in [2.05, 4.69) is 31.4 Å². The molecule has 1 aliphatic carbocycles. The summed E-state index contributed by atoms with van der Waals surface area (Å²) >= 11 is 1.60. The Hall–Kier alpha value is -3.56. The lowest BCUT2D eigenvalue weighted by Crippen LogP contribution is -2.41. The maximum atomic E-state index is 10.1. The molecule has 0 aliphatic heterocycles. The molecule has 32 heavy (non-hydrogen) atoms. The number of nitrogens with one attached hydrogen (secondary N) is 1. The highest BCUT2D eigenvalue weighted by Crippen LogP contribution is 2.38. The number of aliphatic hydroxyl groups excluding tert-OH is 1. The second-order valence-corrected chi connectivity index (χ2v) is 8.84. The average Bonchev–Trinajstić information content (AvgIpc) is 3.44. The number of hydrogen-bond donors (Lipinski definition) is 2. The van der Waals surface area contributed by atoms with E-state index in [0.717, 1.165) is 50.8 Å². The summed E-state index contributed by atoms with van der Waals surface area (Å²) in [7, 11) is 1.89. The van der Waals surface area contributed by atoms with Crippen LogP contribution in [0, 0.1) is 0 Å². The van der Waals surface area contributed by atoms with Gasteiger partial charge in [-0.1, -0.05) is 0 Å². The van der Waals surface area contributed by atoms with Crippen LogP contribution in [0.5, 0.6) is 5.75 Å². The zero-order valence-electron chi connectivity index (χ0n) is 17.3. The molecule has 5 aromatic rings. The lowest BCUT2D eigenvalue weighted by molar-refractivity contribution is -0.0354. The van der Waals surface area contributed by atoms with Crippen LogP contribution in [-0.4, -0.2) is 42.0 Å². The third kappa shape index (κ3) is 3.35. The highest BCUT2D eigenvalue weighted by Gasteiger charge is 2.31. The Morgan fingerprint density at radius 3 is 2.81 bits per heavy atom. The van der Waals surface area contributed by atoms with Crippen molar-refractivity contribution in [3.8, 4) is 16.9 Å². The van der Waals surface area contributed by atoms with Crippen molar-refractivity contribution < 1.29 is 9.84 Å². The summed E-state index contributed by atoms with van der Waals surface area (Å²) in [6.07, 6.45) is 6.19. The number of fused-ring (bicyclic) bond motifs is 2. The van der Waals surface area contributed by atoms with Gasteiger partial charge < -0.3 is 15.2 Å². The Morgan fingerprint density at radius 2 is 2.03 bits per heavy atom. The van der Waals surface area contributed by atoms with E-state index < -0.39 is 6.10 Å². The molecule has 0 spiro atoms. The molecule has 6 rings (SSSR count). The van der Waals surface area contributed by atoms with Crippen LogP contribution in [0.3, 0.4) is 0 Å². The summed E-state index contributed by atoms with van der Waals surface area (Å²) in [5, 5.41) is 18.6. The van der Waals surface area contributed by atoms with Gasteiger partial charge in [-0.3, -0.25) is 4.68 Å². The zero-order chi connectivity index (χ0) is 21.7. The molecular formula is C23H20N6O2S. The standard InChI is InChI=1S/C23H20N6O2S/c1-29-10-14(9-27-29)13-6-17-22(20(7-13)31-19-5-4-18(19)30)23(25-11-24-17)28-15-2-3-16-21(8-15)32-12-26-16/h2-3,6-12,18-19,30H,4-5H2,1H3,(H,24,25,28)/t18-,19+/m0/s1. The van der Waals surface area contributed by atoms with Crippen LogP contribution in [0.25, 0.3) is 32.2 Å². The molecule has 0 bridgehead atoms. The van der Waals surface area contributed by atoms with Crippen molar-refractivity contribution in [2.24, 2.45) is 7.05 Å². The van der Waals surface area contributed by atoms with E-state index in [9.17, 15) is 5.11 Å². The fraction of sp³-hybridized carbons (Fsp3) is 0.217. The molecule has 1 saturated carbocycles. The Kier molecular flexibility index (Phi) is 4.51. The van der Waals surface area contributed by atoms with E-state index in [1.807, 2.05) is 49.2 Å². The number of aryl methyl sites for hydroxylation is 1. The lowest BCUT2D eigenvalue weighted by atomic mass is 9.92. The summed E-state index contributed by atoms with van der Waals surface area (Å²) in [5.74, 6) is 1.30. The van der Waals surface area contributed by atoms with Gasteiger partial charge in [0.25, 0.3) is 0 Å². The fourth-order valence-corrected chi connectivity index (χ4v) is 4.62. The summed E-state index contributed by atoms with van der Waals surface area (Å²) in [6, 6.07) is 10.0. The summed E-state index contributed by atoms with van der Waals surface area (Å²) in [6.45, 7) is 0. The zero-order valence-corrected chi connectivity index (χ0v) is 18.1. The number of aromatic nitrogens is 5. The number of thiazole rings is 1. The van der Waals surface area contributed by atoms with Crippen LogP contribution in [0.1, 0.15) is 12.8 Å². The number of ether oxygens (including phenoxy) is 1. The molecule has 0 unspecified atom stereocenters. The topological polar surface area (TPSA) is 98.0 Å². The van der Waals surface area contributed by atoms with Gasteiger partial charge >= 0.3 is 0 Å². The molecule has 160 valence electrons. The average molecular weight is 445 g/mol. The Balaban J connectivity index is 1.47. The summed E-state index contributed by atoms with van der Waals surface area (Å²) < 4.78 is 9.14. The monoisotopic (exact) mass is 444 g/mol. The molecular weight excluding hydrogens is 424 g/mol. The number of benzene rings is 2. The minimum Gasteiger partial charge on any atom is -0.487 e. The number of hydrogen-bond acceptors (Lipinski definition) is 8. The molecule has 2 aromatic carbocycles. The van der Waals surface area contributed by atoms with Gasteiger partial charge in [0.2, 0.25) is 0 Å². The maximum absolute atomic E-state index is 10.1. The highest BCUT2D eigenvalue weighted by atomic mass is 32.1. The molecule has 0 radical (unpaired) electrons. The minimum atomic E-state index is -0.457. The van der Waals surface area contributed by atoms with Crippen molar-refractivity contribution in [2.45, 2.75) is 25.0 Å². The highest BCUT2D eigenvalue weighted by molar-refractivity contribution is 7.16. The maximum Gasteiger partial charge on any atom is 0.145 e. The molecule has 9 heteroatoms. The molecule has 0 amide bonds. The van der Waals surface area contributed by atoms with E-state index in [1.54, 1.807) is 22.3 Å². The normalized spacial score (nSPS) is 18.1. The first-order valence-corrected chi connectivity index (χ1v) is 11.2. The smallest absolute Gasteiger partial charge is 0.145 e. The van der Waals surface area contributed by atoms with Gasteiger partial charge in [0, 0.05) is 24.5 Å². The SMILES string of the molecule is Cn1cc(-c2cc(O[C@@H]3CC[C@@H]3O)c3c(Nc4ccc5ncsc5c4)ncnc3c2)cn1. The Bertz CT molecular complexity index is 1450. The molecule has 1 fully saturated rings. The van der Waals surface area contributed by atoms with Gasteiger partial charge in [-0.05, 0) is 48.7 Å². The minimum absolute atomic E-state index is 0.232. The second-order valence-electron chi connectivity index (χ2n) is 7.95. The van der Waals surface area contributed by atoms with E-state index >= 15 is 0 Å². The molecule has 2 atom stereocenters. The largest absolute Gasteiger partial charge is 0.487 e. The first kappa shape index (κ1) is 19.1. The van der Waals surface area contributed by atoms with Gasteiger partial charge in [0.1, 0.15) is 24.0 Å². The fourth-order valence-electron chi connectivity index (χ4n) is 3.90. The molecule has 8 nitrogen and oxygen atoms in total. The third-order valence-corrected chi connectivity index (χ3v) is 6.58.